The smallest absolute Gasteiger partial charge is 0.419 e. The molecule has 0 aliphatic heterocycles. The summed E-state index contributed by atoms with van der Waals surface area (Å²) >= 11 is 0. The number of hydrogen-bond donors (Lipinski definition) is 1. The van der Waals surface area contributed by atoms with Gasteiger partial charge in [0.1, 0.15) is 5.82 Å². The van der Waals surface area contributed by atoms with Crippen LogP contribution in [0.1, 0.15) is 25.0 Å². The molecular weight excluding hydrogens is 290 g/mol. The Morgan fingerprint density at radius 2 is 1.95 bits per heavy atom. The third-order valence-corrected chi connectivity index (χ3v) is 2.72. The van der Waals surface area contributed by atoms with Crippen LogP contribution >= 0.6 is 0 Å². The third-order valence-electron chi connectivity index (χ3n) is 2.72. The van der Waals surface area contributed by atoms with E-state index < -0.39 is 23.5 Å². The fraction of sp³-hybridized carbons (Fsp3) is 0.500. The monoisotopic (exact) mass is 307 g/mol. The first-order valence-corrected chi connectivity index (χ1v) is 6.39. The fourth-order valence-electron chi connectivity index (χ4n) is 2.04. The summed E-state index contributed by atoms with van der Waals surface area (Å²) in [6, 6.07) is 2.72. The third kappa shape index (κ3) is 5.71. The fourth-order valence-corrected chi connectivity index (χ4v) is 2.04. The lowest BCUT2D eigenvalue weighted by Crippen LogP contribution is -2.32. The number of hydrogen-bond acceptors (Lipinski definition) is 2. The molecule has 0 amide bonds. The van der Waals surface area contributed by atoms with Crippen molar-refractivity contribution in [3.63, 3.8) is 0 Å². The van der Waals surface area contributed by atoms with Crippen molar-refractivity contribution in [3.05, 3.63) is 35.1 Å². The van der Waals surface area contributed by atoms with Crippen LogP contribution in [0.5, 0.6) is 0 Å². The predicted molar refractivity (Wildman–Crippen MR) is 69.2 cm³/mol. The van der Waals surface area contributed by atoms with Crippen molar-refractivity contribution in [1.82, 2.24) is 4.90 Å². The summed E-state index contributed by atoms with van der Waals surface area (Å²) in [5.74, 6) is -2.24. The van der Waals surface area contributed by atoms with Gasteiger partial charge in [0.2, 0.25) is 0 Å². The molecule has 0 aliphatic carbocycles. The molecule has 1 N–H and O–H groups in total. The van der Waals surface area contributed by atoms with E-state index in [0.717, 1.165) is 12.1 Å². The van der Waals surface area contributed by atoms with Crippen LogP contribution in [0.3, 0.4) is 0 Å². The van der Waals surface area contributed by atoms with Crippen LogP contribution in [0.4, 0.5) is 17.6 Å². The number of halogens is 4. The van der Waals surface area contributed by atoms with Crippen LogP contribution in [-0.4, -0.2) is 29.1 Å². The zero-order chi connectivity index (χ0) is 16.2. The lowest BCUT2D eigenvalue weighted by molar-refractivity contribution is -0.140. The van der Waals surface area contributed by atoms with Crippen molar-refractivity contribution in [1.29, 1.82) is 0 Å². The maximum Gasteiger partial charge on any atom is 0.419 e. The molecule has 0 spiro atoms. The second-order valence-electron chi connectivity index (χ2n) is 5.27. The van der Waals surface area contributed by atoms with Crippen LogP contribution in [0.15, 0.2) is 18.2 Å². The molecule has 0 saturated heterocycles. The number of carbonyl (C=O) groups is 1. The Morgan fingerprint density at radius 1 is 1.33 bits per heavy atom. The van der Waals surface area contributed by atoms with Crippen molar-refractivity contribution >= 4 is 5.97 Å². The first-order chi connectivity index (χ1) is 9.59. The minimum atomic E-state index is -4.77. The van der Waals surface area contributed by atoms with Gasteiger partial charge < -0.3 is 5.11 Å². The van der Waals surface area contributed by atoms with E-state index in [-0.39, 0.29) is 24.6 Å². The lowest BCUT2D eigenvalue weighted by Gasteiger charge is -2.22. The van der Waals surface area contributed by atoms with Gasteiger partial charge >= 0.3 is 12.1 Å². The van der Waals surface area contributed by atoms with Gasteiger partial charge in [-0.2, -0.15) is 13.2 Å². The number of aliphatic carboxylic acids is 1. The summed E-state index contributed by atoms with van der Waals surface area (Å²) in [4.78, 5) is 12.3. The highest BCUT2D eigenvalue weighted by Gasteiger charge is 2.34. The second-order valence-corrected chi connectivity index (χ2v) is 5.27. The minimum absolute atomic E-state index is 0.0217. The van der Waals surface area contributed by atoms with Gasteiger partial charge in [-0.3, -0.25) is 9.69 Å². The second kappa shape index (κ2) is 6.89. The molecule has 21 heavy (non-hydrogen) atoms. The highest BCUT2D eigenvalue weighted by Crippen LogP contribution is 2.32. The van der Waals surface area contributed by atoms with E-state index in [2.05, 4.69) is 0 Å². The standard InChI is InChI=1S/C14H17F4NO2/c1-9(2)6-19(8-13(20)21)7-10-3-4-12(15)11(5-10)14(16,17)18/h3-5,9H,6-8H2,1-2H3,(H,20,21). The quantitative estimate of drug-likeness (QED) is 0.819. The average molecular weight is 307 g/mol. The Kier molecular flexibility index (Phi) is 5.71. The minimum Gasteiger partial charge on any atom is -0.480 e. The van der Waals surface area contributed by atoms with Gasteiger partial charge in [0, 0.05) is 13.1 Å². The molecule has 0 aliphatic rings. The molecule has 1 rings (SSSR count). The summed E-state index contributed by atoms with van der Waals surface area (Å²) in [5.41, 5.74) is -1.11. The summed E-state index contributed by atoms with van der Waals surface area (Å²) in [6.45, 7) is 3.91. The summed E-state index contributed by atoms with van der Waals surface area (Å²) in [6.07, 6.45) is -4.77. The number of carboxylic acids is 1. The van der Waals surface area contributed by atoms with E-state index in [4.69, 9.17) is 5.11 Å². The predicted octanol–water partition coefficient (Wildman–Crippen LogP) is 3.39. The maximum absolute atomic E-state index is 13.2. The zero-order valence-corrected chi connectivity index (χ0v) is 11.7. The van der Waals surface area contributed by atoms with E-state index in [1.807, 2.05) is 13.8 Å². The van der Waals surface area contributed by atoms with Crippen LogP contribution in [0.2, 0.25) is 0 Å². The van der Waals surface area contributed by atoms with Crippen molar-refractivity contribution in [2.75, 3.05) is 13.1 Å². The molecule has 118 valence electrons. The van der Waals surface area contributed by atoms with Crippen molar-refractivity contribution in [2.24, 2.45) is 5.92 Å². The normalized spacial score (nSPS) is 12.2. The SMILES string of the molecule is CC(C)CN(CC(=O)O)Cc1ccc(F)c(C(F)(F)F)c1. The van der Waals surface area contributed by atoms with Crippen LogP contribution < -0.4 is 0 Å². The van der Waals surface area contributed by atoms with Gasteiger partial charge in [-0.1, -0.05) is 19.9 Å². The Balaban J connectivity index is 2.96. The molecule has 0 bridgehead atoms. The van der Waals surface area contributed by atoms with E-state index in [1.165, 1.54) is 11.0 Å². The number of alkyl halides is 3. The van der Waals surface area contributed by atoms with Gasteiger partial charge in [0.05, 0.1) is 12.1 Å². The van der Waals surface area contributed by atoms with E-state index >= 15 is 0 Å². The highest BCUT2D eigenvalue weighted by molar-refractivity contribution is 5.69. The number of benzene rings is 1. The summed E-state index contributed by atoms with van der Waals surface area (Å²) in [7, 11) is 0. The van der Waals surface area contributed by atoms with Gasteiger partial charge in [0.15, 0.2) is 0 Å². The van der Waals surface area contributed by atoms with E-state index in [0.29, 0.717) is 6.54 Å². The molecule has 1 aromatic carbocycles. The van der Waals surface area contributed by atoms with Crippen LogP contribution in [0, 0.1) is 11.7 Å². The molecule has 1 aromatic rings. The van der Waals surface area contributed by atoms with Crippen molar-refractivity contribution < 1.29 is 27.5 Å². The van der Waals surface area contributed by atoms with E-state index in [1.54, 1.807) is 0 Å². The van der Waals surface area contributed by atoms with Crippen molar-refractivity contribution in [2.45, 2.75) is 26.6 Å². The Hall–Kier alpha value is -1.63. The number of nitrogens with zero attached hydrogens (tertiary/aromatic N) is 1. The molecule has 0 aromatic heterocycles. The van der Waals surface area contributed by atoms with Gasteiger partial charge in [-0.15, -0.1) is 0 Å². The molecule has 0 fully saturated rings. The number of rotatable bonds is 6. The number of carboxylic acid groups (broad SMARTS) is 1. The molecular formula is C14H17F4NO2. The topological polar surface area (TPSA) is 40.5 Å². The molecule has 0 unspecified atom stereocenters. The first kappa shape index (κ1) is 17.4. The molecule has 3 nitrogen and oxygen atoms in total. The summed E-state index contributed by atoms with van der Waals surface area (Å²) < 4.78 is 51.1. The highest BCUT2D eigenvalue weighted by atomic mass is 19.4. The van der Waals surface area contributed by atoms with Gasteiger partial charge in [-0.05, 0) is 23.6 Å². The van der Waals surface area contributed by atoms with Crippen LogP contribution in [-0.2, 0) is 17.5 Å². The van der Waals surface area contributed by atoms with Gasteiger partial charge in [-0.25, -0.2) is 4.39 Å². The van der Waals surface area contributed by atoms with Crippen molar-refractivity contribution in [3.8, 4) is 0 Å². The average Bonchev–Trinajstić information content (AvgIpc) is 2.28. The zero-order valence-electron chi connectivity index (χ0n) is 11.7. The molecule has 7 heteroatoms. The van der Waals surface area contributed by atoms with Gasteiger partial charge in [0.25, 0.3) is 0 Å². The van der Waals surface area contributed by atoms with Crippen LogP contribution in [0.25, 0.3) is 0 Å². The Labute approximate surface area is 120 Å². The Bertz CT molecular complexity index is 500. The molecule has 0 atom stereocenters. The summed E-state index contributed by atoms with van der Waals surface area (Å²) in [5, 5.41) is 8.82. The lowest BCUT2D eigenvalue weighted by atomic mass is 10.1. The Morgan fingerprint density at radius 3 is 2.43 bits per heavy atom. The molecule has 0 heterocycles. The molecule has 0 saturated carbocycles. The maximum atomic E-state index is 13.2. The first-order valence-electron chi connectivity index (χ1n) is 6.39. The largest absolute Gasteiger partial charge is 0.480 e. The molecule has 0 radical (unpaired) electrons. The van der Waals surface area contributed by atoms with E-state index in [9.17, 15) is 22.4 Å².